The second kappa shape index (κ2) is 9.54. The molecule has 0 radical (unpaired) electrons. The fraction of sp³-hybridized carbons (Fsp3) is 0.462. The van der Waals surface area contributed by atoms with Crippen molar-refractivity contribution >= 4 is 11.9 Å². The Morgan fingerprint density at radius 3 is 2.47 bits per heavy atom. The van der Waals surface area contributed by atoms with Gasteiger partial charge in [-0.25, -0.2) is 0 Å². The second-order valence-electron chi connectivity index (χ2n) is 9.28. The van der Waals surface area contributed by atoms with Gasteiger partial charge in [-0.05, 0) is 48.2 Å². The molecule has 1 amide bonds. The Hall–Kier alpha value is -3.26. The van der Waals surface area contributed by atoms with Crippen LogP contribution in [0, 0.1) is 5.92 Å². The Morgan fingerprint density at radius 2 is 1.76 bits per heavy atom. The van der Waals surface area contributed by atoms with Gasteiger partial charge >= 0.3 is 5.97 Å². The molecule has 0 unspecified atom stereocenters. The number of methoxy groups -OCH3 is 1. The number of carbonyl (C=O) groups is 2. The summed E-state index contributed by atoms with van der Waals surface area (Å²) in [6.07, 6.45) is 4.28. The van der Waals surface area contributed by atoms with E-state index in [1.165, 1.54) is 0 Å². The van der Waals surface area contributed by atoms with Gasteiger partial charge in [0.05, 0.1) is 19.6 Å². The number of nitrogens with one attached hydrogen (secondary N) is 1. The van der Waals surface area contributed by atoms with Crippen LogP contribution in [0.25, 0.3) is 0 Å². The average Bonchev–Trinajstić information content (AvgIpc) is 3.58. The normalized spacial score (nSPS) is 24.3. The number of carbonyl (C=O) groups excluding carboxylic acids is 1. The van der Waals surface area contributed by atoms with Crippen LogP contribution in [0.5, 0.6) is 17.2 Å². The van der Waals surface area contributed by atoms with E-state index in [1.807, 2.05) is 47.4 Å². The predicted octanol–water partition coefficient (Wildman–Crippen LogP) is 3.32. The molecular formula is C26H30N2O6. The van der Waals surface area contributed by atoms with Crippen molar-refractivity contribution in [1.82, 2.24) is 10.2 Å². The van der Waals surface area contributed by atoms with E-state index in [2.05, 4.69) is 5.32 Å². The molecule has 2 aliphatic heterocycles. The van der Waals surface area contributed by atoms with Gasteiger partial charge in [-0.15, -0.1) is 0 Å². The van der Waals surface area contributed by atoms with E-state index >= 15 is 0 Å². The van der Waals surface area contributed by atoms with Crippen LogP contribution in [0.15, 0.2) is 42.5 Å². The summed E-state index contributed by atoms with van der Waals surface area (Å²) in [6.45, 7) is 0.761. The zero-order chi connectivity index (χ0) is 23.7. The number of carboxylic acid groups (broad SMARTS) is 1. The van der Waals surface area contributed by atoms with Gasteiger partial charge in [-0.3, -0.25) is 14.5 Å². The van der Waals surface area contributed by atoms with Crippen LogP contribution in [0.1, 0.15) is 48.8 Å². The number of hydrogen-bond donors (Lipinski definition) is 2. The standard InChI is InChI=1S/C26H30N2O6/c1-32-19-9-6-16(7-10-19)25-24(26(30)31)20(17-8-11-21-22(12-17)34-15-33-21)13-28(25)14-23(29)27-18-4-2-3-5-18/h6-12,18,20,24-25H,2-5,13-15H2,1H3,(H,27,29)(H,30,31)/t20-,24-,25+/m0/s1. The second-order valence-corrected chi connectivity index (χ2v) is 9.28. The van der Waals surface area contributed by atoms with Crippen molar-refractivity contribution in [1.29, 1.82) is 0 Å². The lowest BCUT2D eigenvalue weighted by Gasteiger charge is -2.27. The molecule has 8 heteroatoms. The molecule has 3 aliphatic rings. The van der Waals surface area contributed by atoms with Gasteiger partial charge in [0.25, 0.3) is 0 Å². The summed E-state index contributed by atoms with van der Waals surface area (Å²) in [7, 11) is 1.60. The number of ether oxygens (including phenoxy) is 3. The fourth-order valence-electron chi connectivity index (χ4n) is 5.60. The van der Waals surface area contributed by atoms with Gasteiger partial charge in [-0.2, -0.15) is 0 Å². The first kappa shape index (κ1) is 22.5. The lowest BCUT2D eigenvalue weighted by Crippen LogP contribution is -2.41. The van der Waals surface area contributed by atoms with Gasteiger partial charge in [0, 0.05) is 24.5 Å². The number of amides is 1. The van der Waals surface area contributed by atoms with Crippen molar-refractivity contribution < 1.29 is 28.9 Å². The third kappa shape index (κ3) is 4.42. The summed E-state index contributed by atoms with van der Waals surface area (Å²) in [4.78, 5) is 27.6. The minimum Gasteiger partial charge on any atom is -0.497 e. The van der Waals surface area contributed by atoms with Gasteiger partial charge in [0.15, 0.2) is 11.5 Å². The van der Waals surface area contributed by atoms with E-state index < -0.39 is 17.9 Å². The lowest BCUT2D eigenvalue weighted by atomic mass is 9.82. The average molecular weight is 467 g/mol. The molecule has 34 heavy (non-hydrogen) atoms. The summed E-state index contributed by atoms with van der Waals surface area (Å²) in [5, 5.41) is 13.5. The number of hydrogen-bond acceptors (Lipinski definition) is 6. The molecule has 0 spiro atoms. The first-order chi connectivity index (χ1) is 16.5. The van der Waals surface area contributed by atoms with Gasteiger partial charge in [0.2, 0.25) is 12.7 Å². The smallest absolute Gasteiger partial charge is 0.309 e. The topological polar surface area (TPSA) is 97.3 Å². The fourth-order valence-corrected chi connectivity index (χ4v) is 5.60. The van der Waals surface area contributed by atoms with Crippen LogP contribution in [-0.2, 0) is 9.59 Å². The lowest BCUT2D eigenvalue weighted by molar-refractivity contribution is -0.143. The first-order valence-corrected chi connectivity index (χ1v) is 11.8. The molecule has 3 atom stereocenters. The van der Waals surface area contributed by atoms with Crippen molar-refractivity contribution in [3.8, 4) is 17.2 Å². The van der Waals surface area contributed by atoms with Crippen LogP contribution in [-0.4, -0.2) is 54.9 Å². The van der Waals surface area contributed by atoms with Crippen molar-refractivity contribution in [3.63, 3.8) is 0 Å². The van der Waals surface area contributed by atoms with Crippen LogP contribution < -0.4 is 19.5 Å². The minimum atomic E-state index is -0.887. The third-order valence-corrected chi connectivity index (χ3v) is 7.23. The SMILES string of the molecule is COc1ccc([C@@H]2[C@@H](C(=O)O)[C@H](c3ccc4c(c3)OCO4)CN2CC(=O)NC2CCCC2)cc1. The first-order valence-electron chi connectivity index (χ1n) is 11.8. The summed E-state index contributed by atoms with van der Waals surface area (Å²) < 4.78 is 16.2. The van der Waals surface area contributed by atoms with Crippen molar-refractivity contribution in [2.24, 2.45) is 5.92 Å². The Morgan fingerprint density at radius 1 is 1.06 bits per heavy atom. The Balaban J connectivity index is 1.46. The number of likely N-dealkylation sites (tertiary alicyclic amines) is 1. The van der Waals surface area contributed by atoms with E-state index in [9.17, 15) is 14.7 Å². The highest BCUT2D eigenvalue weighted by atomic mass is 16.7. The van der Waals surface area contributed by atoms with Gasteiger partial charge in [-0.1, -0.05) is 31.0 Å². The maximum atomic E-state index is 12.9. The summed E-state index contributed by atoms with van der Waals surface area (Å²) in [6, 6.07) is 12.8. The van der Waals surface area contributed by atoms with Crippen LogP contribution >= 0.6 is 0 Å². The molecule has 2 aromatic carbocycles. The Kier molecular flexibility index (Phi) is 6.32. The van der Waals surface area contributed by atoms with Crippen LogP contribution in [0.3, 0.4) is 0 Å². The maximum absolute atomic E-state index is 12.9. The Labute approximate surface area is 198 Å². The third-order valence-electron chi connectivity index (χ3n) is 7.23. The number of carboxylic acids is 1. The number of aliphatic carboxylic acids is 1. The number of rotatable bonds is 7. The Bertz CT molecular complexity index is 1050. The maximum Gasteiger partial charge on any atom is 0.309 e. The molecule has 2 N–H and O–H groups in total. The summed E-state index contributed by atoms with van der Waals surface area (Å²) in [5.41, 5.74) is 1.72. The molecule has 2 fully saturated rings. The van der Waals surface area contributed by atoms with Gasteiger partial charge in [0.1, 0.15) is 5.75 Å². The minimum absolute atomic E-state index is 0.0547. The molecule has 1 aliphatic carbocycles. The molecular weight excluding hydrogens is 436 g/mol. The molecule has 0 aromatic heterocycles. The highest BCUT2D eigenvalue weighted by molar-refractivity contribution is 5.79. The van der Waals surface area contributed by atoms with E-state index in [1.54, 1.807) is 7.11 Å². The van der Waals surface area contributed by atoms with Crippen molar-refractivity contribution in [3.05, 3.63) is 53.6 Å². The molecule has 5 rings (SSSR count). The van der Waals surface area contributed by atoms with E-state index in [0.29, 0.717) is 23.8 Å². The highest BCUT2D eigenvalue weighted by Gasteiger charge is 2.48. The van der Waals surface area contributed by atoms with Gasteiger partial charge < -0.3 is 24.6 Å². The molecule has 0 bridgehead atoms. The molecule has 1 saturated carbocycles. The molecule has 2 aromatic rings. The molecule has 8 nitrogen and oxygen atoms in total. The van der Waals surface area contributed by atoms with E-state index in [4.69, 9.17) is 14.2 Å². The molecule has 180 valence electrons. The summed E-state index contributed by atoms with van der Waals surface area (Å²) in [5.74, 6) is 0.00848. The van der Waals surface area contributed by atoms with E-state index in [-0.39, 0.29) is 31.2 Å². The van der Waals surface area contributed by atoms with Crippen molar-refractivity contribution in [2.75, 3.05) is 27.0 Å². The highest BCUT2D eigenvalue weighted by Crippen LogP contribution is 2.47. The van der Waals surface area contributed by atoms with E-state index in [0.717, 1.165) is 36.8 Å². The largest absolute Gasteiger partial charge is 0.497 e. The van der Waals surface area contributed by atoms with Crippen LogP contribution in [0.4, 0.5) is 0 Å². The summed E-state index contributed by atoms with van der Waals surface area (Å²) >= 11 is 0. The zero-order valence-corrected chi connectivity index (χ0v) is 19.2. The molecule has 2 heterocycles. The monoisotopic (exact) mass is 466 g/mol. The quantitative estimate of drug-likeness (QED) is 0.646. The number of benzene rings is 2. The number of fused-ring (bicyclic) bond motifs is 1. The predicted molar refractivity (Wildman–Crippen MR) is 124 cm³/mol. The van der Waals surface area contributed by atoms with Crippen LogP contribution in [0.2, 0.25) is 0 Å². The van der Waals surface area contributed by atoms with Crippen molar-refractivity contribution in [2.45, 2.75) is 43.7 Å². The zero-order valence-electron chi connectivity index (χ0n) is 19.2. The number of nitrogens with zero attached hydrogens (tertiary/aromatic N) is 1. The molecule has 1 saturated heterocycles.